The number of methoxy groups -OCH3 is 1. The van der Waals surface area contributed by atoms with E-state index < -0.39 is 0 Å². The van der Waals surface area contributed by atoms with Crippen LogP contribution in [0.4, 0.5) is 0 Å². The van der Waals surface area contributed by atoms with Gasteiger partial charge in [-0.15, -0.1) is 0 Å². The van der Waals surface area contributed by atoms with Crippen molar-refractivity contribution in [3.05, 3.63) is 29.3 Å². The summed E-state index contributed by atoms with van der Waals surface area (Å²) in [5.74, 6) is 0.723. The van der Waals surface area contributed by atoms with Crippen LogP contribution in [0.2, 0.25) is 0 Å². The van der Waals surface area contributed by atoms with Gasteiger partial charge in [-0.2, -0.15) is 5.26 Å². The molecule has 5 nitrogen and oxygen atoms in total. The molecule has 2 rings (SSSR count). The van der Waals surface area contributed by atoms with Crippen molar-refractivity contribution in [2.45, 2.75) is 6.54 Å². The van der Waals surface area contributed by atoms with Crippen molar-refractivity contribution < 1.29 is 9.53 Å². The average Bonchev–Trinajstić information content (AvgIpc) is 2.43. The summed E-state index contributed by atoms with van der Waals surface area (Å²) >= 11 is 0. The molecule has 0 saturated carbocycles. The summed E-state index contributed by atoms with van der Waals surface area (Å²) in [4.78, 5) is 15.5. The van der Waals surface area contributed by atoms with Crippen LogP contribution >= 0.6 is 0 Å². The number of nitrogens with zero attached hydrogens (tertiary/aromatic N) is 3. The van der Waals surface area contributed by atoms with Crippen LogP contribution in [0.3, 0.4) is 0 Å². The molecule has 100 valence electrons. The van der Waals surface area contributed by atoms with E-state index in [0.29, 0.717) is 24.4 Å². The zero-order valence-electron chi connectivity index (χ0n) is 11.2. The summed E-state index contributed by atoms with van der Waals surface area (Å²) in [5, 5.41) is 9.05. The Bertz CT molecular complexity index is 522. The molecule has 0 radical (unpaired) electrons. The molecule has 0 unspecified atom stereocenters. The second-order valence-corrected chi connectivity index (χ2v) is 4.67. The van der Waals surface area contributed by atoms with Gasteiger partial charge in [-0.3, -0.25) is 9.69 Å². The second-order valence-electron chi connectivity index (χ2n) is 4.67. The third-order valence-corrected chi connectivity index (χ3v) is 3.33. The molecule has 1 aromatic carbocycles. The lowest BCUT2D eigenvalue weighted by Gasteiger charge is -2.31. The van der Waals surface area contributed by atoms with E-state index >= 15 is 0 Å². The van der Waals surface area contributed by atoms with E-state index in [1.165, 1.54) is 0 Å². The van der Waals surface area contributed by atoms with Crippen LogP contribution in [0.1, 0.15) is 11.1 Å². The zero-order valence-corrected chi connectivity index (χ0v) is 11.2. The van der Waals surface area contributed by atoms with Crippen LogP contribution in [-0.4, -0.2) is 49.5 Å². The minimum Gasteiger partial charge on any atom is -0.495 e. The molecule has 1 aliphatic heterocycles. The molecule has 1 fully saturated rings. The van der Waals surface area contributed by atoms with Gasteiger partial charge in [-0.25, -0.2) is 0 Å². The Morgan fingerprint density at radius 1 is 1.42 bits per heavy atom. The van der Waals surface area contributed by atoms with Crippen molar-refractivity contribution in [2.75, 3.05) is 33.8 Å². The van der Waals surface area contributed by atoms with Gasteiger partial charge < -0.3 is 9.64 Å². The van der Waals surface area contributed by atoms with Crippen molar-refractivity contribution >= 4 is 5.91 Å². The SMILES string of the molecule is COc1ccc(CN2CCN(C)C(=O)C2)cc1C#N. The number of amides is 1. The molecule has 1 saturated heterocycles. The van der Waals surface area contributed by atoms with Gasteiger partial charge in [0.15, 0.2) is 0 Å². The first-order chi connectivity index (χ1) is 9.13. The van der Waals surface area contributed by atoms with E-state index in [9.17, 15) is 4.79 Å². The van der Waals surface area contributed by atoms with E-state index in [1.807, 2.05) is 19.2 Å². The lowest BCUT2D eigenvalue weighted by atomic mass is 10.1. The summed E-state index contributed by atoms with van der Waals surface area (Å²) in [6.07, 6.45) is 0. The van der Waals surface area contributed by atoms with Crippen LogP contribution in [0.15, 0.2) is 18.2 Å². The molecule has 0 spiro atoms. The Labute approximate surface area is 113 Å². The maximum absolute atomic E-state index is 11.6. The minimum atomic E-state index is 0.139. The van der Waals surface area contributed by atoms with Crippen molar-refractivity contribution in [3.8, 4) is 11.8 Å². The topological polar surface area (TPSA) is 56.6 Å². The van der Waals surface area contributed by atoms with E-state index in [4.69, 9.17) is 10.00 Å². The highest BCUT2D eigenvalue weighted by molar-refractivity contribution is 5.78. The number of nitriles is 1. The number of rotatable bonds is 3. The Hall–Kier alpha value is -2.06. The van der Waals surface area contributed by atoms with Gasteiger partial charge in [0.25, 0.3) is 0 Å². The number of piperazine rings is 1. The number of ether oxygens (including phenoxy) is 1. The first kappa shape index (κ1) is 13.4. The standard InChI is InChI=1S/C14H17N3O2/c1-16-5-6-17(10-14(16)18)9-11-3-4-13(19-2)12(7-11)8-15/h3-4,7H,5-6,9-10H2,1-2H3. The van der Waals surface area contributed by atoms with E-state index in [1.54, 1.807) is 18.1 Å². The molecule has 1 amide bonds. The van der Waals surface area contributed by atoms with Crippen molar-refractivity contribution in [1.29, 1.82) is 5.26 Å². The van der Waals surface area contributed by atoms with Gasteiger partial charge in [-0.05, 0) is 17.7 Å². The highest BCUT2D eigenvalue weighted by atomic mass is 16.5. The van der Waals surface area contributed by atoms with E-state index in [0.717, 1.165) is 18.7 Å². The fraction of sp³-hybridized carbons (Fsp3) is 0.429. The molecule has 1 aliphatic rings. The molecular weight excluding hydrogens is 242 g/mol. The highest BCUT2D eigenvalue weighted by Gasteiger charge is 2.20. The smallest absolute Gasteiger partial charge is 0.236 e. The summed E-state index contributed by atoms with van der Waals surface area (Å²) < 4.78 is 5.12. The van der Waals surface area contributed by atoms with Gasteiger partial charge in [0, 0.05) is 26.7 Å². The predicted molar refractivity (Wildman–Crippen MR) is 70.6 cm³/mol. The average molecular weight is 259 g/mol. The molecule has 0 N–H and O–H groups in total. The van der Waals surface area contributed by atoms with E-state index in [2.05, 4.69) is 11.0 Å². The maximum Gasteiger partial charge on any atom is 0.236 e. The zero-order chi connectivity index (χ0) is 13.8. The largest absolute Gasteiger partial charge is 0.495 e. The first-order valence-electron chi connectivity index (χ1n) is 6.17. The molecule has 0 atom stereocenters. The molecule has 0 bridgehead atoms. The van der Waals surface area contributed by atoms with Gasteiger partial charge in [0.05, 0.1) is 19.2 Å². The van der Waals surface area contributed by atoms with Crippen LogP contribution in [0, 0.1) is 11.3 Å². The van der Waals surface area contributed by atoms with Crippen molar-refractivity contribution in [3.63, 3.8) is 0 Å². The third kappa shape index (κ3) is 3.04. The third-order valence-electron chi connectivity index (χ3n) is 3.33. The molecular formula is C14H17N3O2. The van der Waals surface area contributed by atoms with Crippen LogP contribution in [0.5, 0.6) is 5.75 Å². The molecule has 0 aliphatic carbocycles. The summed E-state index contributed by atoms with van der Waals surface area (Å²) in [6, 6.07) is 7.67. The van der Waals surface area contributed by atoms with Crippen LogP contribution < -0.4 is 4.74 Å². The number of likely N-dealkylation sites (N-methyl/N-ethyl adjacent to an activating group) is 1. The van der Waals surface area contributed by atoms with Gasteiger partial charge in [0.1, 0.15) is 11.8 Å². The lowest BCUT2D eigenvalue weighted by Crippen LogP contribution is -2.47. The van der Waals surface area contributed by atoms with Gasteiger partial charge in [0.2, 0.25) is 5.91 Å². The normalized spacial score (nSPS) is 16.3. The van der Waals surface area contributed by atoms with Crippen molar-refractivity contribution in [2.24, 2.45) is 0 Å². The lowest BCUT2D eigenvalue weighted by molar-refractivity contribution is -0.134. The number of hydrogen-bond acceptors (Lipinski definition) is 4. The maximum atomic E-state index is 11.6. The molecule has 5 heteroatoms. The number of carbonyl (C=O) groups excluding carboxylic acids is 1. The van der Waals surface area contributed by atoms with Gasteiger partial charge >= 0.3 is 0 Å². The molecule has 1 aromatic rings. The summed E-state index contributed by atoms with van der Waals surface area (Å²) in [7, 11) is 3.37. The van der Waals surface area contributed by atoms with E-state index in [-0.39, 0.29) is 5.91 Å². The Morgan fingerprint density at radius 3 is 2.84 bits per heavy atom. The minimum absolute atomic E-state index is 0.139. The summed E-state index contributed by atoms with van der Waals surface area (Å²) in [6.45, 7) is 2.72. The van der Waals surface area contributed by atoms with Crippen LogP contribution in [0.25, 0.3) is 0 Å². The molecule has 19 heavy (non-hydrogen) atoms. The number of hydrogen-bond donors (Lipinski definition) is 0. The highest BCUT2D eigenvalue weighted by Crippen LogP contribution is 2.20. The fourth-order valence-electron chi connectivity index (χ4n) is 2.14. The predicted octanol–water partition coefficient (Wildman–Crippen LogP) is 0.841. The van der Waals surface area contributed by atoms with Gasteiger partial charge in [-0.1, -0.05) is 6.07 Å². The Morgan fingerprint density at radius 2 is 2.21 bits per heavy atom. The molecule has 1 heterocycles. The van der Waals surface area contributed by atoms with Crippen molar-refractivity contribution in [1.82, 2.24) is 9.80 Å². The Balaban J connectivity index is 2.08. The second kappa shape index (κ2) is 5.72. The first-order valence-corrected chi connectivity index (χ1v) is 6.17. The number of carbonyl (C=O) groups is 1. The fourth-order valence-corrected chi connectivity index (χ4v) is 2.14. The van der Waals surface area contributed by atoms with Crippen LogP contribution in [-0.2, 0) is 11.3 Å². The number of benzene rings is 1. The monoisotopic (exact) mass is 259 g/mol. The molecule has 0 aromatic heterocycles. The quantitative estimate of drug-likeness (QED) is 0.807. The summed E-state index contributed by atoms with van der Waals surface area (Å²) in [5.41, 5.74) is 1.55. The Kier molecular flexibility index (Phi) is 4.03.